The number of aliphatic hydroxyl groups is 1. The number of carbonyl (C=O) groups excluding carboxylic acids is 1. The summed E-state index contributed by atoms with van der Waals surface area (Å²) in [5, 5.41) is 13.2. The van der Waals surface area contributed by atoms with E-state index in [0.717, 1.165) is 24.8 Å². The quantitative estimate of drug-likeness (QED) is 0.471. The number of nitrogens with zero attached hydrogens (tertiary/aromatic N) is 1. The van der Waals surface area contributed by atoms with Gasteiger partial charge in [-0.25, -0.2) is 8.42 Å². The number of hydrogen-bond donors (Lipinski definition) is 3. The first-order valence-electron chi connectivity index (χ1n) is 13.6. The van der Waals surface area contributed by atoms with Crippen LogP contribution in [0.1, 0.15) is 56.0 Å². The normalized spacial score (nSPS) is 22.4. The lowest BCUT2D eigenvalue weighted by Gasteiger charge is -2.34. The number of rotatable bonds is 7. The molecule has 1 heterocycles. The molecule has 39 heavy (non-hydrogen) atoms. The predicted octanol–water partition coefficient (Wildman–Crippen LogP) is 3.81. The number of fused-ring (bicyclic) bond motifs is 1. The molecule has 216 valence electrons. The van der Waals surface area contributed by atoms with Crippen molar-refractivity contribution in [3.8, 4) is 5.75 Å². The maximum Gasteiger partial charge on any atom is 0.261 e. The zero-order valence-corrected chi connectivity index (χ0v) is 24.5. The molecule has 0 fully saturated rings. The van der Waals surface area contributed by atoms with E-state index in [4.69, 9.17) is 9.47 Å². The van der Waals surface area contributed by atoms with Crippen LogP contribution in [-0.4, -0.2) is 75.9 Å². The van der Waals surface area contributed by atoms with Crippen molar-refractivity contribution in [1.29, 1.82) is 0 Å². The average Bonchev–Trinajstić information content (AvgIpc) is 2.90. The highest BCUT2D eigenvalue weighted by atomic mass is 32.2. The number of ether oxygens (including phenoxy) is 2. The number of aryl methyl sites for hydroxylation is 1. The Morgan fingerprint density at radius 3 is 2.51 bits per heavy atom. The van der Waals surface area contributed by atoms with Crippen LogP contribution < -0.4 is 14.8 Å². The standard InChI is InChI=1S/C29H43N3O6S/c1-20-9-12-25(13-10-20)39(35,36)31-24-11-14-27-26(16-24)29(34)32(22(3)19-33)18-21(2)28(17-30-5)37-15-7-6-8-23(4)38-27/h9-14,16,21-23,28,30-31,33H,6-8,15,17-19H2,1-5H3/t21-,22-,23+,28-/m0/s1. The molecular formula is C29H43N3O6S. The summed E-state index contributed by atoms with van der Waals surface area (Å²) in [7, 11) is -2.00. The van der Waals surface area contributed by atoms with Crippen LogP contribution >= 0.6 is 0 Å². The van der Waals surface area contributed by atoms with E-state index in [1.54, 1.807) is 48.2 Å². The molecule has 1 aliphatic heterocycles. The van der Waals surface area contributed by atoms with Crippen molar-refractivity contribution in [3.63, 3.8) is 0 Å². The number of aliphatic hydroxyl groups excluding tert-OH is 1. The van der Waals surface area contributed by atoms with Crippen LogP contribution in [0.5, 0.6) is 5.75 Å². The molecule has 3 N–H and O–H groups in total. The Balaban J connectivity index is 2.02. The molecule has 1 aliphatic rings. The van der Waals surface area contributed by atoms with Crippen LogP contribution in [0.25, 0.3) is 0 Å². The van der Waals surface area contributed by atoms with Crippen LogP contribution in [0.4, 0.5) is 5.69 Å². The number of carbonyl (C=O) groups is 1. The van der Waals surface area contributed by atoms with Crippen molar-refractivity contribution >= 4 is 21.6 Å². The molecule has 2 aromatic carbocycles. The molecule has 0 spiro atoms. The molecule has 9 nitrogen and oxygen atoms in total. The molecule has 0 aromatic heterocycles. The van der Waals surface area contributed by atoms with E-state index in [1.807, 2.05) is 27.8 Å². The van der Waals surface area contributed by atoms with Crippen molar-refractivity contribution in [2.24, 2.45) is 5.92 Å². The minimum Gasteiger partial charge on any atom is -0.490 e. The molecule has 1 amide bonds. The third kappa shape index (κ3) is 8.41. The van der Waals surface area contributed by atoms with Crippen LogP contribution in [0.15, 0.2) is 47.4 Å². The van der Waals surface area contributed by atoms with E-state index in [-0.39, 0.29) is 46.8 Å². The van der Waals surface area contributed by atoms with Crippen molar-refractivity contribution < 1.29 is 27.8 Å². The van der Waals surface area contributed by atoms with Gasteiger partial charge in [-0.2, -0.15) is 0 Å². The molecule has 4 atom stereocenters. The minimum atomic E-state index is -3.87. The molecule has 0 saturated heterocycles. The fourth-order valence-corrected chi connectivity index (χ4v) is 5.66. The van der Waals surface area contributed by atoms with E-state index in [2.05, 4.69) is 10.0 Å². The van der Waals surface area contributed by atoms with Gasteiger partial charge in [-0.3, -0.25) is 9.52 Å². The van der Waals surface area contributed by atoms with Gasteiger partial charge in [0, 0.05) is 31.3 Å². The Hall–Kier alpha value is -2.66. The summed E-state index contributed by atoms with van der Waals surface area (Å²) >= 11 is 0. The SMILES string of the molecule is CNC[C@@H]1OCCCC[C@@H](C)Oc2ccc(NS(=O)(=O)c3ccc(C)cc3)cc2C(=O)N([C@@H](C)CO)C[C@@H]1C. The predicted molar refractivity (Wildman–Crippen MR) is 153 cm³/mol. The number of sulfonamides is 1. The topological polar surface area (TPSA) is 117 Å². The Kier molecular flexibility index (Phi) is 11.2. The Morgan fingerprint density at radius 2 is 1.85 bits per heavy atom. The smallest absolute Gasteiger partial charge is 0.261 e. The lowest BCUT2D eigenvalue weighted by molar-refractivity contribution is -0.000450. The Morgan fingerprint density at radius 1 is 1.13 bits per heavy atom. The Bertz CT molecular complexity index is 1190. The maximum atomic E-state index is 14.1. The Labute approximate surface area is 232 Å². The van der Waals surface area contributed by atoms with Crippen molar-refractivity contribution in [3.05, 3.63) is 53.6 Å². The molecule has 10 heteroatoms. The zero-order valence-electron chi connectivity index (χ0n) is 23.6. The van der Waals surface area contributed by atoms with Gasteiger partial charge in [0.1, 0.15) is 5.75 Å². The van der Waals surface area contributed by atoms with Crippen LogP contribution in [0, 0.1) is 12.8 Å². The highest BCUT2D eigenvalue weighted by Crippen LogP contribution is 2.29. The second-order valence-electron chi connectivity index (χ2n) is 10.5. The van der Waals surface area contributed by atoms with Crippen molar-refractivity contribution in [2.75, 3.05) is 38.1 Å². The summed E-state index contributed by atoms with van der Waals surface area (Å²) in [4.78, 5) is 15.8. The monoisotopic (exact) mass is 561 g/mol. The number of anilines is 1. The minimum absolute atomic E-state index is 0.0233. The van der Waals surface area contributed by atoms with Gasteiger partial charge in [0.15, 0.2) is 0 Å². The molecule has 0 unspecified atom stereocenters. The van der Waals surface area contributed by atoms with E-state index in [0.29, 0.717) is 25.4 Å². The fourth-order valence-electron chi connectivity index (χ4n) is 4.61. The summed E-state index contributed by atoms with van der Waals surface area (Å²) in [6.07, 6.45) is 2.31. The van der Waals surface area contributed by atoms with E-state index >= 15 is 0 Å². The summed E-state index contributed by atoms with van der Waals surface area (Å²) in [6, 6.07) is 10.8. The van der Waals surface area contributed by atoms with Crippen molar-refractivity contribution in [2.45, 2.75) is 70.1 Å². The maximum absolute atomic E-state index is 14.1. The first-order valence-corrected chi connectivity index (χ1v) is 15.1. The van der Waals surface area contributed by atoms with Gasteiger partial charge in [-0.15, -0.1) is 0 Å². The van der Waals surface area contributed by atoms with Gasteiger partial charge in [0.05, 0.1) is 35.3 Å². The summed E-state index contributed by atoms with van der Waals surface area (Å²) in [5.74, 6) is 0.0146. The lowest BCUT2D eigenvalue weighted by Crippen LogP contribution is -2.47. The summed E-state index contributed by atoms with van der Waals surface area (Å²) in [5.41, 5.74) is 1.44. The number of benzene rings is 2. The molecule has 0 radical (unpaired) electrons. The molecular weight excluding hydrogens is 518 g/mol. The number of amides is 1. The fraction of sp³-hybridized carbons (Fsp3) is 0.552. The van der Waals surface area contributed by atoms with E-state index < -0.39 is 16.1 Å². The third-order valence-electron chi connectivity index (χ3n) is 7.04. The second-order valence-corrected chi connectivity index (χ2v) is 12.2. The first kappa shape index (κ1) is 30.9. The summed E-state index contributed by atoms with van der Waals surface area (Å²) < 4.78 is 41.1. The van der Waals surface area contributed by atoms with Gasteiger partial charge in [-0.05, 0) is 77.4 Å². The number of hydrogen-bond acceptors (Lipinski definition) is 7. The second kappa shape index (κ2) is 14.1. The van der Waals surface area contributed by atoms with Crippen molar-refractivity contribution in [1.82, 2.24) is 10.2 Å². The van der Waals surface area contributed by atoms with Crippen LogP contribution in [0.3, 0.4) is 0 Å². The molecule has 0 aliphatic carbocycles. The number of nitrogens with one attached hydrogen (secondary N) is 2. The third-order valence-corrected chi connectivity index (χ3v) is 8.44. The zero-order chi connectivity index (χ0) is 28.6. The van der Waals surface area contributed by atoms with E-state index in [9.17, 15) is 18.3 Å². The van der Waals surface area contributed by atoms with Gasteiger partial charge >= 0.3 is 0 Å². The molecule has 0 bridgehead atoms. The van der Waals surface area contributed by atoms with Gasteiger partial charge in [0.25, 0.3) is 15.9 Å². The van der Waals surface area contributed by atoms with Gasteiger partial charge in [-0.1, -0.05) is 24.6 Å². The average molecular weight is 562 g/mol. The van der Waals surface area contributed by atoms with Gasteiger partial charge in [0.2, 0.25) is 0 Å². The highest BCUT2D eigenvalue weighted by molar-refractivity contribution is 7.92. The van der Waals surface area contributed by atoms with E-state index in [1.165, 1.54) is 6.07 Å². The largest absolute Gasteiger partial charge is 0.490 e. The molecule has 3 rings (SSSR count). The number of likely N-dealkylation sites (N-methyl/N-ethyl adjacent to an activating group) is 1. The highest BCUT2D eigenvalue weighted by Gasteiger charge is 2.30. The molecule has 0 saturated carbocycles. The first-order chi connectivity index (χ1) is 18.6. The lowest BCUT2D eigenvalue weighted by atomic mass is 10.0. The van der Waals surface area contributed by atoms with Crippen LogP contribution in [-0.2, 0) is 14.8 Å². The molecule has 2 aromatic rings. The summed E-state index contributed by atoms with van der Waals surface area (Å²) in [6.45, 7) is 9.04. The van der Waals surface area contributed by atoms with Crippen LogP contribution in [0.2, 0.25) is 0 Å². The van der Waals surface area contributed by atoms with Gasteiger partial charge < -0.3 is 24.8 Å².